The van der Waals surface area contributed by atoms with Crippen molar-refractivity contribution in [3.63, 3.8) is 0 Å². The molecule has 0 spiro atoms. The molecule has 1 N–H and O–H groups in total. The second-order valence-corrected chi connectivity index (χ2v) is 7.25. The second kappa shape index (κ2) is 9.25. The van der Waals surface area contributed by atoms with Crippen molar-refractivity contribution in [3.8, 4) is 5.75 Å². The lowest BCUT2D eigenvalue weighted by Crippen LogP contribution is -2.45. The molecule has 0 saturated carbocycles. The van der Waals surface area contributed by atoms with Gasteiger partial charge >= 0.3 is 12.1 Å². The monoisotopic (exact) mass is 389 g/mol. The Morgan fingerprint density at radius 1 is 1.21 bits per heavy atom. The lowest BCUT2D eigenvalue weighted by atomic mass is 10.1. The fourth-order valence-corrected chi connectivity index (χ4v) is 2.67. The van der Waals surface area contributed by atoms with E-state index in [1.54, 1.807) is 40.4 Å². The van der Waals surface area contributed by atoms with E-state index < -0.39 is 23.7 Å². The number of nitrogens with zero attached hydrogens (tertiary/aromatic N) is 2. The Balaban J connectivity index is 2.16. The molecule has 28 heavy (non-hydrogen) atoms. The molecule has 0 fully saturated rings. The van der Waals surface area contributed by atoms with Crippen molar-refractivity contribution < 1.29 is 23.8 Å². The Hall–Kier alpha value is -3.03. The van der Waals surface area contributed by atoms with Crippen LogP contribution in [-0.2, 0) is 27.2 Å². The van der Waals surface area contributed by atoms with Crippen molar-refractivity contribution in [2.45, 2.75) is 45.4 Å². The number of methoxy groups -OCH3 is 2. The first kappa shape index (κ1) is 21.3. The molecule has 1 atom stereocenters. The van der Waals surface area contributed by atoms with Gasteiger partial charge in [-0.3, -0.25) is 0 Å². The van der Waals surface area contributed by atoms with E-state index in [0.717, 1.165) is 17.0 Å². The molecule has 0 aliphatic heterocycles. The average Bonchev–Trinajstić information content (AvgIpc) is 3.06. The number of alkyl carbamates (subject to hydrolysis) is 1. The number of amides is 1. The van der Waals surface area contributed by atoms with Crippen molar-refractivity contribution in [3.05, 3.63) is 48.0 Å². The van der Waals surface area contributed by atoms with E-state index in [0.29, 0.717) is 6.54 Å². The van der Waals surface area contributed by atoms with E-state index in [1.165, 1.54) is 7.11 Å². The molecule has 8 heteroatoms. The summed E-state index contributed by atoms with van der Waals surface area (Å²) >= 11 is 0. The van der Waals surface area contributed by atoms with E-state index in [-0.39, 0.29) is 6.42 Å². The van der Waals surface area contributed by atoms with Crippen LogP contribution in [0.25, 0.3) is 0 Å². The molecule has 1 aromatic heterocycles. The maximum atomic E-state index is 12.2. The minimum absolute atomic E-state index is 0.209. The van der Waals surface area contributed by atoms with E-state index >= 15 is 0 Å². The molecule has 1 amide bonds. The summed E-state index contributed by atoms with van der Waals surface area (Å²) < 4.78 is 17.4. The highest BCUT2D eigenvalue weighted by molar-refractivity contribution is 5.81. The van der Waals surface area contributed by atoms with Gasteiger partial charge in [0, 0.05) is 23.9 Å². The normalized spacial score (nSPS) is 12.2. The number of carbonyl (C=O) groups is 2. The highest BCUT2D eigenvalue weighted by Gasteiger charge is 2.26. The highest BCUT2D eigenvalue weighted by Crippen LogP contribution is 2.19. The third-order valence-corrected chi connectivity index (χ3v) is 3.92. The molecule has 1 aromatic carbocycles. The molecule has 152 valence electrons. The van der Waals surface area contributed by atoms with E-state index in [2.05, 4.69) is 10.3 Å². The second-order valence-electron chi connectivity index (χ2n) is 7.25. The molecular weight excluding hydrogens is 362 g/mol. The molecule has 2 aromatic rings. The molecule has 8 nitrogen and oxygen atoms in total. The van der Waals surface area contributed by atoms with Gasteiger partial charge < -0.3 is 24.1 Å². The van der Waals surface area contributed by atoms with Gasteiger partial charge in [-0.2, -0.15) is 0 Å². The molecular formula is C20H27N3O5. The van der Waals surface area contributed by atoms with Gasteiger partial charge in [0.2, 0.25) is 0 Å². The van der Waals surface area contributed by atoms with Gasteiger partial charge in [-0.1, -0.05) is 18.2 Å². The predicted octanol–water partition coefficient (Wildman–Crippen LogP) is 2.55. The Kier molecular flexibility index (Phi) is 7.03. The molecule has 1 heterocycles. The van der Waals surface area contributed by atoms with Gasteiger partial charge in [-0.15, -0.1) is 0 Å². The van der Waals surface area contributed by atoms with Crippen LogP contribution in [0.15, 0.2) is 36.8 Å². The van der Waals surface area contributed by atoms with Crippen LogP contribution in [0, 0.1) is 0 Å². The van der Waals surface area contributed by atoms with Crippen LogP contribution < -0.4 is 10.1 Å². The van der Waals surface area contributed by atoms with Gasteiger partial charge in [-0.05, 0) is 26.8 Å². The summed E-state index contributed by atoms with van der Waals surface area (Å²) in [4.78, 5) is 28.4. The lowest BCUT2D eigenvalue weighted by molar-refractivity contribution is -0.143. The number of hydrogen-bond donors (Lipinski definition) is 1. The van der Waals surface area contributed by atoms with Crippen molar-refractivity contribution in [2.24, 2.45) is 0 Å². The summed E-state index contributed by atoms with van der Waals surface area (Å²) in [5, 5.41) is 2.57. The van der Waals surface area contributed by atoms with Crippen LogP contribution in [0.3, 0.4) is 0 Å². The van der Waals surface area contributed by atoms with Crippen LogP contribution in [0.2, 0.25) is 0 Å². The Morgan fingerprint density at radius 2 is 1.93 bits per heavy atom. The summed E-state index contributed by atoms with van der Waals surface area (Å²) in [6.45, 7) is 5.77. The number of ether oxygens (including phenoxy) is 3. The number of carbonyl (C=O) groups excluding carboxylic acids is 2. The summed E-state index contributed by atoms with van der Waals surface area (Å²) in [5.74, 6) is 0.203. The number of aromatic nitrogens is 2. The van der Waals surface area contributed by atoms with Crippen LogP contribution in [0.1, 0.15) is 32.0 Å². The summed E-state index contributed by atoms with van der Waals surface area (Å²) in [5.41, 5.74) is 1.06. The number of para-hydroxylation sites is 1. The maximum Gasteiger partial charge on any atom is 0.408 e. The van der Waals surface area contributed by atoms with Gasteiger partial charge in [0.25, 0.3) is 0 Å². The quantitative estimate of drug-likeness (QED) is 0.732. The highest BCUT2D eigenvalue weighted by atomic mass is 16.6. The minimum atomic E-state index is -0.895. The number of benzene rings is 1. The number of esters is 1. The first-order chi connectivity index (χ1) is 13.2. The molecule has 2 rings (SSSR count). The Bertz CT molecular complexity index is 810. The third-order valence-electron chi connectivity index (χ3n) is 3.92. The van der Waals surface area contributed by atoms with Crippen LogP contribution in [0.5, 0.6) is 5.75 Å². The zero-order valence-corrected chi connectivity index (χ0v) is 16.9. The van der Waals surface area contributed by atoms with E-state index in [4.69, 9.17) is 14.2 Å². The molecule has 0 aliphatic rings. The standard InChI is InChI=1S/C20H27N3O5/c1-20(2,3)28-19(25)22-16(18(24)27-5)10-15-11-21-13-23(15)12-14-8-6-7-9-17(14)26-4/h6-9,11,13,16H,10,12H2,1-5H3,(H,22,25). The van der Waals surface area contributed by atoms with E-state index in [9.17, 15) is 9.59 Å². The maximum absolute atomic E-state index is 12.2. The number of imidazole rings is 1. The minimum Gasteiger partial charge on any atom is -0.496 e. The number of rotatable bonds is 7. The average molecular weight is 389 g/mol. The lowest BCUT2D eigenvalue weighted by Gasteiger charge is -2.23. The van der Waals surface area contributed by atoms with Crippen molar-refractivity contribution >= 4 is 12.1 Å². The van der Waals surface area contributed by atoms with Crippen molar-refractivity contribution in [2.75, 3.05) is 14.2 Å². The van der Waals surface area contributed by atoms with Crippen LogP contribution >= 0.6 is 0 Å². The summed E-state index contributed by atoms with van der Waals surface area (Å²) in [6.07, 6.45) is 2.85. The zero-order valence-electron chi connectivity index (χ0n) is 16.9. The summed E-state index contributed by atoms with van der Waals surface area (Å²) in [7, 11) is 2.89. The SMILES string of the molecule is COC(=O)C(Cc1cncn1Cc1ccccc1OC)NC(=O)OC(C)(C)C. The Labute approximate surface area is 164 Å². The molecule has 1 unspecified atom stereocenters. The van der Waals surface area contributed by atoms with Gasteiger partial charge in [0.15, 0.2) is 0 Å². The molecule has 0 saturated heterocycles. The first-order valence-corrected chi connectivity index (χ1v) is 8.91. The van der Waals surface area contributed by atoms with Crippen molar-refractivity contribution in [1.29, 1.82) is 0 Å². The third kappa shape index (κ3) is 6.00. The first-order valence-electron chi connectivity index (χ1n) is 8.91. The molecule has 0 aliphatic carbocycles. The van der Waals surface area contributed by atoms with Gasteiger partial charge in [-0.25, -0.2) is 14.6 Å². The summed E-state index contributed by atoms with van der Waals surface area (Å²) in [6, 6.07) is 6.77. The Morgan fingerprint density at radius 3 is 2.57 bits per heavy atom. The number of hydrogen-bond acceptors (Lipinski definition) is 6. The van der Waals surface area contributed by atoms with Gasteiger partial charge in [0.05, 0.1) is 27.1 Å². The fraction of sp³-hybridized carbons (Fsp3) is 0.450. The van der Waals surface area contributed by atoms with E-state index in [1.807, 2.05) is 28.8 Å². The fourth-order valence-electron chi connectivity index (χ4n) is 2.67. The molecule has 0 radical (unpaired) electrons. The number of nitrogens with one attached hydrogen (secondary N) is 1. The topological polar surface area (TPSA) is 91.7 Å². The van der Waals surface area contributed by atoms with Crippen molar-refractivity contribution in [1.82, 2.24) is 14.9 Å². The van der Waals surface area contributed by atoms with Gasteiger partial charge in [0.1, 0.15) is 17.4 Å². The smallest absolute Gasteiger partial charge is 0.408 e. The largest absolute Gasteiger partial charge is 0.496 e. The zero-order chi connectivity index (χ0) is 20.7. The predicted molar refractivity (Wildman–Crippen MR) is 103 cm³/mol. The van der Waals surface area contributed by atoms with Crippen LogP contribution in [-0.4, -0.2) is 47.5 Å². The van der Waals surface area contributed by atoms with Crippen LogP contribution in [0.4, 0.5) is 4.79 Å². The molecule has 0 bridgehead atoms.